The van der Waals surface area contributed by atoms with Gasteiger partial charge in [0.05, 0.1) is 0 Å². The number of nitrogens with zero attached hydrogens (tertiary/aromatic N) is 1. The summed E-state index contributed by atoms with van der Waals surface area (Å²) in [7, 11) is 0. The fourth-order valence-electron chi connectivity index (χ4n) is 9.72. The average molecular weight is 694 g/mol. The molecule has 0 N–H and O–H groups in total. The number of benzene rings is 8. The zero-order valence-electron chi connectivity index (χ0n) is 30.9. The molecule has 1 heterocycles. The average Bonchev–Trinajstić information content (AvgIpc) is 3.78. The first-order valence-corrected chi connectivity index (χ1v) is 19.0. The maximum atomic E-state index is 6.55. The topological polar surface area (TPSA) is 16.4 Å². The third kappa shape index (κ3) is 4.28. The maximum Gasteiger partial charge on any atom is 0.143 e. The highest BCUT2D eigenvalue weighted by atomic mass is 16.3. The maximum absolute atomic E-state index is 6.55. The Hall–Kier alpha value is -6.38. The highest BCUT2D eigenvalue weighted by molar-refractivity contribution is 6.21. The molecule has 54 heavy (non-hydrogen) atoms. The van der Waals surface area contributed by atoms with Crippen LogP contribution in [0.3, 0.4) is 0 Å². The molecule has 0 spiro atoms. The normalized spacial score (nSPS) is 14.6. The van der Waals surface area contributed by atoms with E-state index < -0.39 is 0 Å². The Labute approximate surface area is 315 Å². The standard InChI is InChI=1S/C52H39NO/c1-51(2)44-18-10-7-15-38(44)42-30-35(25-27-46(42)51)53(36-26-28-47-43(31-36)39-16-8-11-19-45(39)52(47,3)4)34-23-21-32(22-24-34)41-29-33-13-5-6-14-37(33)50-49(41)40-17-9-12-20-48(40)54-50/h5-31H,1-4H3. The number of rotatable bonds is 4. The van der Waals surface area contributed by atoms with Gasteiger partial charge in [-0.1, -0.05) is 143 Å². The summed E-state index contributed by atoms with van der Waals surface area (Å²) in [5.41, 5.74) is 18.3. The highest BCUT2D eigenvalue weighted by Gasteiger charge is 2.37. The van der Waals surface area contributed by atoms with Crippen LogP contribution in [-0.4, -0.2) is 0 Å². The van der Waals surface area contributed by atoms with E-state index in [1.165, 1.54) is 55.5 Å². The molecule has 0 unspecified atom stereocenters. The van der Waals surface area contributed by atoms with E-state index in [1.807, 2.05) is 6.07 Å². The third-order valence-electron chi connectivity index (χ3n) is 12.5. The van der Waals surface area contributed by atoms with Gasteiger partial charge in [0.2, 0.25) is 0 Å². The first kappa shape index (κ1) is 31.2. The van der Waals surface area contributed by atoms with Gasteiger partial charge in [-0.3, -0.25) is 0 Å². The fourth-order valence-corrected chi connectivity index (χ4v) is 9.72. The molecule has 0 aliphatic heterocycles. The first-order chi connectivity index (χ1) is 26.3. The van der Waals surface area contributed by atoms with Crippen molar-refractivity contribution in [3.05, 3.63) is 186 Å². The second-order valence-corrected chi connectivity index (χ2v) is 16.1. The molecule has 0 fully saturated rings. The zero-order valence-corrected chi connectivity index (χ0v) is 30.9. The molecular weight excluding hydrogens is 655 g/mol. The second kappa shape index (κ2) is 11.1. The Morgan fingerprint density at radius 2 is 0.907 bits per heavy atom. The molecule has 0 radical (unpaired) electrons. The molecule has 11 rings (SSSR count). The molecule has 9 aromatic rings. The van der Waals surface area contributed by atoms with E-state index >= 15 is 0 Å². The van der Waals surface area contributed by atoms with Gasteiger partial charge in [-0.15, -0.1) is 0 Å². The third-order valence-corrected chi connectivity index (χ3v) is 12.5. The van der Waals surface area contributed by atoms with Gasteiger partial charge in [-0.2, -0.15) is 0 Å². The summed E-state index contributed by atoms with van der Waals surface area (Å²) in [6, 6.07) is 60.4. The lowest BCUT2D eigenvalue weighted by Gasteiger charge is -2.28. The van der Waals surface area contributed by atoms with Crippen LogP contribution in [0.4, 0.5) is 17.1 Å². The van der Waals surface area contributed by atoms with Crippen molar-refractivity contribution in [2.45, 2.75) is 38.5 Å². The van der Waals surface area contributed by atoms with Crippen molar-refractivity contribution in [1.82, 2.24) is 0 Å². The van der Waals surface area contributed by atoms with E-state index in [2.05, 4.69) is 190 Å². The predicted molar refractivity (Wildman–Crippen MR) is 226 cm³/mol. The fraction of sp³-hybridized carbons (Fsp3) is 0.115. The quantitative estimate of drug-likeness (QED) is 0.182. The van der Waals surface area contributed by atoms with Crippen LogP contribution in [0.5, 0.6) is 0 Å². The predicted octanol–water partition coefficient (Wildman–Crippen LogP) is 14.5. The second-order valence-electron chi connectivity index (χ2n) is 16.1. The van der Waals surface area contributed by atoms with E-state index in [-0.39, 0.29) is 10.8 Å². The number of hydrogen-bond acceptors (Lipinski definition) is 2. The van der Waals surface area contributed by atoms with Gasteiger partial charge in [-0.05, 0) is 110 Å². The lowest BCUT2D eigenvalue weighted by Crippen LogP contribution is -2.16. The minimum absolute atomic E-state index is 0.0533. The number of fused-ring (bicyclic) bond motifs is 11. The van der Waals surface area contributed by atoms with Gasteiger partial charge in [-0.25, -0.2) is 0 Å². The monoisotopic (exact) mass is 693 g/mol. The zero-order chi connectivity index (χ0) is 36.3. The van der Waals surface area contributed by atoms with Gasteiger partial charge >= 0.3 is 0 Å². The van der Waals surface area contributed by atoms with Crippen molar-refractivity contribution in [2.75, 3.05) is 4.90 Å². The Balaban J connectivity index is 1.11. The van der Waals surface area contributed by atoms with Gasteiger partial charge in [0.25, 0.3) is 0 Å². The van der Waals surface area contributed by atoms with Crippen LogP contribution in [0.15, 0.2) is 168 Å². The first-order valence-electron chi connectivity index (χ1n) is 19.0. The summed E-state index contributed by atoms with van der Waals surface area (Å²) in [5.74, 6) is 0. The lowest BCUT2D eigenvalue weighted by molar-refractivity contribution is 0.660. The van der Waals surface area contributed by atoms with E-state index in [4.69, 9.17) is 4.42 Å². The molecule has 2 heteroatoms. The van der Waals surface area contributed by atoms with Gasteiger partial charge < -0.3 is 9.32 Å². The number of anilines is 3. The summed E-state index contributed by atoms with van der Waals surface area (Å²) in [6.07, 6.45) is 0. The smallest absolute Gasteiger partial charge is 0.143 e. The van der Waals surface area contributed by atoms with Gasteiger partial charge in [0, 0.05) is 44.1 Å². The van der Waals surface area contributed by atoms with Crippen LogP contribution >= 0.6 is 0 Å². The number of hydrogen-bond donors (Lipinski definition) is 0. The van der Waals surface area contributed by atoms with Crippen molar-refractivity contribution in [3.8, 4) is 33.4 Å². The SMILES string of the molecule is CC1(C)c2ccccc2-c2cc(N(c3ccc(-c4cc5ccccc5c5oc6ccccc6c45)cc3)c3ccc4c(c3)-c3ccccc3C4(C)C)ccc21. The summed E-state index contributed by atoms with van der Waals surface area (Å²) in [4.78, 5) is 2.44. The summed E-state index contributed by atoms with van der Waals surface area (Å²) in [5, 5.41) is 4.61. The van der Waals surface area contributed by atoms with E-state index in [0.29, 0.717) is 0 Å². The summed E-state index contributed by atoms with van der Waals surface area (Å²) in [6.45, 7) is 9.39. The Morgan fingerprint density at radius 3 is 1.54 bits per heavy atom. The van der Waals surface area contributed by atoms with E-state index in [0.717, 1.165) is 50.0 Å². The van der Waals surface area contributed by atoms with E-state index in [1.54, 1.807) is 0 Å². The minimum atomic E-state index is -0.0533. The van der Waals surface area contributed by atoms with Crippen molar-refractivity contribution >= 4 is 49.8 Å². The van der Waals surface area contributed by atoms with Crippen LogP contribution in [0.25, 0.3) is 66.1 Å². The Morgan fingerprint density at radius 1 is 0.407 bits per heavy atom. The molecule has 0 bridgehead atoms. The highest BCUT2D eigenvalue weighted by Crippen LogP contribution is 2.53. The van der Waals surface area contributed by atoms with E-state index in [9.17, 15) is 0 Å². The molecule has 0 saturated heterocycles. The molecule has 2 aliphatic carbocycles. The number of para-hydroxylation sites is 1. The molecule has 0 atom stereocenters. The van der Waals surface area contributed by atoms with Crippen LogP contribution in [0.1, 0.15) is 49.9 Å². The van der Waals surface area contributed by atoms with Crippen LogP contribution in [-0.2, 0) is 10.8 Å². The Bertz CT molecular complexity index is 2890. The minimum Gasteiger partial charge on any atom is -0.455 e. The summed E-state index contributed by atoms with van der Waals surface area (Å²) < 4.78 is 6.55. The van der Waals surface area contributed by atoms with Crippen molar-refractivity contribution < 1.29 is 4.42 Å². The largest absolute Gasteiger partial charge is 0.455 e. The van der Waals surface area contributed by atoms with Crippen LogP contribution < -0.4 is 4.90 Å². The molecule has 8 aromatic carbocycles. The Kier molecular flexibility index (Phi) is 6.39. The van der Waals surface area contributed by atoms with Crippen molar-refractivity contribution in [1.29, 1.82) is 0 Å². The van der Waals surface area contributed by atoms with Crippen LogP contribution in [0, 0.1) is 0 Å². The molecular formula is C52H39NO. The van der Waals surface area contributed by atoms with Crippen molar-refractivity contribution in [2.24, 2.45) is 0 Å². The van der Waals surface area contributed by atoms with Crippen LogP contribution in [0.2, 0.25) is 0 Å². The summed E-state index contributed by atoms with van der Waals surface area (Å²) >= 11 is 0. The molecule has 2 nitrogen and oxygen atoms in total. The van der Waals surface area contributed by atoms with Crippen molar-refractivity contribution in [3.63, 3.8) is 0 Å². The van der Waals surface area contributed by atoms with Gasteiger partial charge in [0.1, 0.15) is 11.2 Å². The molecule has 0 amide bonds. The molecule has 2 aliphatic rings. The lowest BCUT2D eigenvalue weighted by atomic mass is 9.82. The number of furan rings is 1. The molecule has 0 saturated carbocycles. The molecule has 258 valence electrons. The van der Waals surface area contributed by atoms with Gasteiger partial charge in [0.15, 0.2) is 0 Å². The molecule has 1 aromatic heterocycles.